The maximum absolute atomic E-state index is 12.0. The van der Waals surface area contributed by atoms with Crippen molar-refractivity contribution in [2.45, 2.75) is 6.92 Å². The Morgan fingerprint density at radius 1 is 1.36 bits per heavy atom. The van der Waals surface area contributed by atoms with E-state index in [2.05, 4.69) is 10.3 Å². The second kappa shape index (κ2) is 5.48. The zero-order valence-electron chi connectivity index (χ0n) is 12.2. The fourth-order valence-corrected chi connectivity index (χ4v) is 2.50. The third kappa shape index (κ3) is 2.28. The Balaban J connectivity index is 2.23. The molecule has 0 atom stereocenters. The number of amides is 1. The zero-order valence-corrected chi connectivity index (χ0v) is 12.2. The molecule has 1 aromatic heterocycles. The molecule has 0 fully saturated rings. The first-order valence-corrected chi connectivity index (χ1v) is 6.71. The highest BCUT2D eigenvalue weighted by atomic mass is 16.5. The van der Waals surface area contributed by atoms with Gasteiger partial charge in [0.25, 0.3) is 5.91 Å². The molecule has 1 aliphatic rings. The van der Waals surface area contributed by atoms with E-state index in [0.717, 1.165) is 0 Å². The van der Waals surface area contributed by atoms with Gasteiger partial charge < -0.3 is 14.8 Å². The summed E-state index contributed by atoms with van der Waals surface area (Å²) < 4.78 is 10.4. The minimum atomic E-state index is -0.446. The topological polar surface area (TPSA) is 77.5 Å². The number of carbonyl (C=O) groups is 2. The van der Waals surface area contributed by atoms with E-state index in [4.69, 9.17) is 9.47 Å². The molecule has 1 amide bonds. The summed E-state index contributed by atoms with van der Waals surface area (Å²) in [4.78, 5) is 27.7. The average Bonchev–Trinajstić information content (AvgIpc) is 2.53. The first-order valence-electron chi connectivity index (χ1n) is 6.71. The van der Waals surface area contributed by atoms with Crippen LogP contribution in [0.1, 0.15) is 16.1 Å². The summed E-state index contributed by atoms with van der Waals surface area (Å²) in [6.45, 7) is 1.75. The summed E-state index contributed by atoms with van der Waals surface area (Å²) in [7, 11) is 1.33. The van der Waals surface area contributed by atoms with E-state index in [-0.39, 0.29) is 12.5 Å². The molecule has 2 aromatic rings. The van der Waals surface area contributed by atoms with Gasteiger partial charge in [-0.2, -0.15) is 0 Å². The highest BCUT2D eigenvalue weighted by Crippen LogP contribution is 2.40. The van der Waals surface area contributed by atoms with E-state index in [0.29, 0.717) is 33.8 Å². The number of esters is 1. The average molecular weight is 298 g/mol. The molecule has 1 aromatic carbocycles. The van der Waals surface area contributed by atoms with Crippen molar-refractivity contribution in [2.75, 3.05) is 19.0 Å². The maximum atomic E-state index is 12.0. The Kier molecular flexibility index (Phi) is 3.50. The van der Waals surface area contributed by atoms with Crippen molar-refractivity contribution < 1.29 is 19.1 Å². The van der Waals surface area contributed by atoms with Gasteiger partial charge in [0.15, 0.2) is 12.4 Å². The van der Waals surface area contributed by atoms with Crippen LogP contribution in [0.5, 0.6) is 5.75 Å². The number of methoxy groups -OCH3 is 1. The monoisotopic (exact) mass is 298 g/mol. The highest BCUT2D eigenvalue weighted by Gasteiger charge is 2.24. The SMILES string of the molecule is COC(=O)c1ccnc(C)c1-c1cccc2c1OCC(=O)N2. The molecule has 6 nitrogen and oxygen atoms in total. The van der Waals surface area contributed by atoms with Gasteiger partial charge in [-0.15, -0.1) is 0 Å². The smallest absolute Gasteiger partial charge is 0.338 e. The predicted octanol–water partition coefficient (Wildman–Crippen LogP) is 2.17. The third-order valence-corrected chi connectivity index (χ3v) is 3.45. The van der Waals surface area contributed by atoms with Crippen molar-refractivity contribution in [3.63, 3.8) is 0 Å². The fraction of sp³-hybridized carbons (Fsp3) is 0.188. The van der Waals surface area contributed by atoms with E-state index in [9.17, 15) is 9.59 Å². The van der Waals surface area contributed by atoms with Crippen molar-refractivity contribution in [2.24, 2.45) is 0 Å². The summed E-state index contributed by atoms with van der Waals surface area (Å²) >= 11 is 0. The summed E-state index contributed by atoms with van der Waals surface area (Å²) in [6, 6.07) is 6.97. The molecule has 0 unspecified atom stereocenters. The molecule has 0 bridgehead atoms. The highest BCUT2D eigenvalue weighted by molar-refractivity contribution is 6.02. The van der Waals surface area contributed by atoms with E-state index in [1.165, 1.54) is 7.11 Å². The molecule has 112 valence electrons. The molecule has 6 heteroatoms. The van der Waals surface area contributed by atoms with Crippen molar-refractivity contribution in [3.8, 4) is 16.9 Å². The molecule has 3 rings (SSSR count). The molecule has 2 heterocycles. The standard InChI is InChI=1S/C16H14N2O4/c1-9-14(11(6-7-17-9)16(20)21-2)10-4-3-5-12-15(10)22-8-13(19)18-12/h3-7H,8H2,1-2H3,(H,18,19). The van der Waals surface area contributed by atoms with Crippen LogP contribution in [0, 0.1) is 6.92 Å². The van der Waals surface area contributed by atoms with Crippen molar-refractivity contribution >= 4 is 17.6 Å². The molecule has 1 aliphatic heterocycles. The first kappa shape index (κ1) is 14.1. The van der Waals surface area contributed by atoms with Gasteiger partial charge in [-0.3, -0.25) is 9.78 Å². The van der Waals surface area contributed by atoms with Crippen LogP contribution in [0.2, 0.25) is 0 Å². The van der Waals surface area contributed by atoms with Gasteiger partial charge in [-0.25, -0.2) is 4.79 Å². The van der Waals surface area contributed by atoms with Crippen LogP contribution in [0.15, 0.2) is 30.5 Å². The lowest BCUT2D eigenvalue weighted by atomic mass is 9.97. The minimum Gasteiger partial charge on any atom is -0.481 e. The lowest BCUT2D eigenvalue weighted by molar-refractivity contribution is -0.118. The van der Waals surface area contributed by atoms with Gasteiger partial charge in [0.05, 0.1) is 18.4 Å². The van der Waals surface area contributed by atoms with Crippen LogP contribution >= 0.6 is 0 Å². The van der Waals surface area contributed by atoms with E-state index in [1.807, 2.05) is 13.0 Å². The number of carbonyl (C=O) groups excluding carboxylic acids is 2. The number of aromatic nitrogens is 1. The van der Waals surface area contributed by atoms with Gasteiger partial charge in [0, 0.05) is 23.0 Å². The number of pyridine rings is 1. The number of aryl methyl sites for hydroxylation is 1. The summed E-state index contributed by atoms with van der Waals surface area (Å²) in [6.07, 6.45) is 1.56. The van der Waals surface area contributed by atoms with E-state index < -0.39 is 5.97 Å². The van der Waals surface area contributed by atoms with Crippen LogP contribution in [0.4, 0.5) is 5.69 Å². The third-order valence-electron chi connectivity index (χ3n) is 3.45. The molecule has 0 aliphatic carbocycles. The molecule has 0 saturated carbocycles. The number of hydrogen-bond donors (Lipinski definition) is 1. The number of fused-ring (bicyclic) bond motifs is 1. The number of nitrogens with one attached hydrogen (secondary N) is 1. The number of anilines is 1. The van der Waals surface area contributed by atoms with Crippen LogP contribution in [0.25, 0.3) is 11.1 Å². The Hall–Kier alpha value is -2.89. The van der Waals surface area contributed by atoms with Gasteiger partial charge in [-0.05, 0) is 19.1 Å². The maximum Gasteiger partial charge on any atom is 0.338 e. The van der Waals surface area contributed by atoms with E-state index in [1.54, 1.807) is 24.4 Å². The van der Waals surface area contributed by atoms with Crippen LogP contribution in [0.3, 0.4) is 0 Å². The molecule has 0 spiro atoms. The van der Waals surface area contributed by atoms with Gasteiger partial charge >= 0.3 is 5.97 Å². The lowest BCUT2D eigenvalue weighted by Crippen LogP contribution is -2.25. The first-order chi connectivity index (χ1) is 10.6. The predicted molar refractivity (Wildman–Crippen MR) is 79.9 cm³/mol. The number of nitrogens with zero attached hydrogens (tertiary/aromatic N) is 1. The lowest BCUT2D eigenvalue weighted by Gasteiger charge is -2.22. The summed E-state index contributed by atoms with van der Waals surface area (Å²) in [5.74, 6) is -0.123. The Morgan fingerprint density at radius 3 is 2.95 bits per heavy atom. The van der Waals surface area contributed by atoms with Crippen molar-refractivity contribution in [1.29, 1.82) is 0 Å². The molecule has 22 heavy (non-hydrogen) atoms. The number of rotatable bonds is 2. The number of benzene rings is 1. The second-order valence-corrected chi connectivity index (χ2v) is 4.83. The summed E-state index contributed by atoms with van der Waals surface area (Å²) in [5, 5.41) is 2.75. The quantitative estimate of drug-likeness (QED) is 0.860. The molecule has 0 radical (unpaired) electrons. The van der Waals surface area contributed by atoms with Crippen LogP contribution in [-0.2, 0) is 9.53 Å². The molecular weight excluding hydrogens is 284 g/mol. The largest absolute Gasteiger partial charge is 0.481 e. The van der Waals surface area contributed by atoms with Gasteiger partial charge in [-0.1, -0.05) is 12.1 Å². The Morgan fingerprint density at radius 2 is 2.18 bits per heavy atom. The van der Waals surface area contributed by atoms with Gasteiger partial charge in [0.1, 0.15) is 0 Å². The number of ether oxygens (including phenoxy) is 2. The molecular formula is C16H14N2O4. The Bertz CT molecular complexity index is 771. The van der Waals surface area contributed by atoms with Gasteiger partial charge in [0.2, 0.25) is 0 Å². The van der Waals surface area contributed by atoms with E-state index >= 15 is 0 Å². The number of para-hydroxylation sites is 1. The van der Waals surface area contributed by atoms with Crippen molar-refractivity contribution in [1.82, 2.24) is 4.98 Å². The van der Waals surface area contributed by atoms with Crippen LogP contribution < -0.4 is 10.1 Å². The second-order valence-electron chi connectivity index (χ2n) is 4.83. The minimum absolute atomic E-state index is 0.0587. The number of hydrogen-bond acceptors (Lipinski definition) is 5. The van der Waals surface area contributed by atoms with Crippen LogP contribution in [-0.4, -0.2) is 30.6 Å². The fourth-order valence-electron chi connectivity index (χ4n) is 2.50. The normalized spacial score (nSPS) is 12.9. The van der Waals surface area contributed by atoms with Crippen molar-refractivity contribution in [3.05, 3.63) is 41.7 Å². The molecule has 0 saturated heterocycles. The Labute approximate surface area is 127 Å². The zero-order chi connectivity index (χ0) is 15.7. The summed E-state index contributed by atoms with van der Waals surface area (Å²) in [5.41, 5.74) is 3.00. The molecule has 1 N–H and O–H groups in total.